The Bertz CT molecular complexity index is 380. The Balaban J connectivity index is 2.11. The van der Waals surface area contributed by atoms with Crippen LogP contribution in [0.25, 0.3) is 0 Å². The summed E-state index contributed by atoms with van der Waals surface area (Å²) in [6.07, 6.45) is 1.51. The van der Waals surface area contributed by atoms with Crippen LogP contribution in [0.1, 0.15) is 24.4 Å². The van der Waals surface area contributed by atoms with E-state index in [-0.39, 0.29) is 5.91 Å². The van der Waals surface area contributed by atoms with Crippen molar-refractivity contribution in [2.24, 2.45) is 5.73 Å². The largest absolute Gasteiger partial charge is 0.355 e. The van der Waals surface area contributed by atoms with Gasteiger partial charge >= 0.3 is 0 Å². The SMILES string of the molecule is NCCC(c1ccccc1)N1CCNC(=O)CC1. The number of hydrogen-bond acceptors (Lipinski definition) is 3. The molecular weight excluding hydrogens is 226 g/mol. The second-order valence-electron chi connectivity index (χ2n) is 4.64. The van der Waals surface area contributed by atoms with E-state index in [9.17, 15) is 4.79 Å². The normalized spacial score (nSPS) is 19.1. The first-order valence-corrected chi connectivity index (χ1v) is 6.57. The number of carbonyl (C=O) groups excluding carboxylic acids is 1. The average molecular weight is 247 g/mol. The molecule has 18 heavy (non-hydrogen) atoms. The molecule has 2 rings (SSSR count). The standard InChI is InChI=1S/C14H21N3O/c15-8-6-13(12-4-2-1-3-5-12)17-10-7-14(18)16-9-11-17/h1-5,13H,6-11,15H2,(H,16,18). The molecule has 1 amide bonds. The maximum absolute atomic E-state index is 11.4. The average Bonchev–Trinajstić information content (AvgIpc) is 2.62. The summed E-state index contributed by atoms with van der Waals surface area (Å²) in [6.45, 7) is 3.10. The van der Waals surface area contributed by atoms with Crippen LogP contribution in [-0.4, -0.2) is 37.0 Å². The number of nitrogens with zero attached hydrogens (tertiary/aromatic N) is 1. The number of carbonyl (C=O) groups is 1. The van der Waals surface area contributed by atoms with Crippen LogP contribution in [0, 0.1) is 0 Å². The Hall–Kier alpha value is -1.39. The van der Waals surface area contributed by atoms with Gasteiger partial charge in [-0.25, -0.2) is 0 Å². The summed E-state index contributed by atoms with van der Waals surface area (Å²) in [5, 5.41) is 2.91. The van der Waals surface area contributed by atoms with Crippen molar-refractivity contribution in [1.29, 1.82) is 0 Å². The summed E-state index contributed by atoms with van der Waals surface area (Å²) >= 11 is 0. The first-order chi connectivity index (χ1) is 8.81. The maximum Gasteiger partial charge on any atom is 0.221 e. The molecule has 1 unspecified atom stereocenters. The molecule has 3 N–H and O–H groups in total. The van der Waals surface area contributed by atoms with Crippen LogP contribution in [-0.2, 0) is 4.79 Å². The number of rotatable bonds is 4. The number of nitrogens with two attached hydrogens (primary N) is 1. The second-order valence-corrected chi connectivity index (χ2v) is 4.64. The summed E-state index contributed by atoms with van der Waals surface area (Å²) in [6, 6.07) is 10.7. The monoisotopic (exact) mass is 247 g/mol. The van der Waals surface area contributed by atoms with Gasteiger partial charge in [0, 0.05) is 32.1 Å². The fourth-order valence-electron chi connectivity index (χ4n) is 2.49. The molecule has 0 saturated carbocycles. The molecular formula is C14H21N3O. The van der Waals surface area contributed by atoms with E-state index in [4.69, 9.17) is 5.73 Å². The topological polar surface area (TPSA) is 58.4 Å². The van der Waals surface area contributed by atoms with Crippen LogP contribution in [0.5, 0.6) is 0 Å². The van der Waals surface area contributed by atoms with Gasteiger partial charge in [0.25, 0.3) is 0 Å². The minimum Gasteiger partial charge on any atom is -0.355 e. The third-order valence-electron chi connectivity index (χ3n) is 3.41. The maximum atomic E-state index is 11.4. The highest BCUT2D eigenvalue weighted by molar-refractivity contribution is 5.76. The molecule has 0 spiro atoms. The van der Waals surface area contributed by atoms with Crippen molar-refractivity contribution in [2.75, 3.05) is 26.2 Å². The third kappa shape index (κ3) is 3.31. The zero-order valence-corrected chi connectivity index (χ0v) is 10.6. The summed E-state index contributed by atoms with van der Waals surface area (Å²) < 4.78 is 0. The van der Waals surface area contributed by atoms with Crippen LogP contribution in [0.2, 0.25) is 0 Å². The smallest absolute Gasteiger partial charge is 0.221 e. The fourth-order valence-corrected chi connectivity index (χ4v) is 2.49. The molecule has 1 fully saturated rings. The van der Waals surface area contributed by atoms with Gasteiger partial charge in [0.15, 0.2) is 0 Å². The molecule has 0 radical (unpaired) electrons. The van der Waals surface area contributed by atoms with E-state index in [0.717, 1.165) is 26.1 Å². The van der Waals surface area contributed by atoms with E-state index in [1.165, 1.54) is 5.56 Å². The van der Waals surface area contributed by atoms with Crippen molar-refractivity contribution in [3.63, 3.8) is 0 Å². The van der Waals surface area contributed by atoms with Gasteiger partial charge in [0.05, 0.1) is 0 Å². The highest BCUT2D eigenvalue weighted by atomic mass is 16.1. The van der Waals surface area contributed by atoms with E-state index in [1.54, 1.807) is 0 Å². The van der Waals surface area contributed by atoms with Gasteiger partial charge in [-0.3, -0.25) is 9.69 Å². The van der Waals surface area contributed by atoms with Gasteiger partial charge in [-0.2, -0.15) is 0 Å². The zero-order chi connectivity index (χ0) is 12.8. The Labute approximate surface area is 108 Å². The molecule has 4 heteroatoms. The molecule has 0 aliphatic carbocycles. The molecule has 1 aromatic rings. The van der Waals surface area contributed by atoms with Crippen LogP contribution in [0.15, 0.2) is 30.3 Å². The molecule has 0 aromatic heterocycles. The number of hydrogen-bond donors (Lipinski definition) is 2. The van der Waals surface area contributed by atoms with Crippen LogP contribution >= 0.6 is 0 Å². The van der Waals surface area contributed by atoms with Gasteiger partial charge in [-0.15, -0.1) is 0 Å². The van der Waals surface area contributed by atoms with Crippen molar-refractivity contribution >= 4 is 5.91 Å². The van der Waals surface area contributed by atoms with Gasteiger partial charge in [0.2, 0.25) is 5.91 Å². The van der Waals surface area contributed by atoms with E-state index in [1.807, 2.05) is 6.07 Å². The Morgan fingerprint density at radius 1 is 1.28 bits per heavy atom. The molecule has 1 aliphatic rings. The minimum atomic E-state index is 0.150. The van der Waals surface area contributed by atoms with Crippen molar-refractivity contribution in [1.82, 2.24) is 10.2 Å². The summed E-state index contributed by atoms with van der Waals surface area (Å²) in [5.41, 5.74) is 7.02. The van der Waals surface area contributed by atoms with Crippen LogP contribution in [0.4, 0.5) is 0 Å². The third-order valence-corrected chi connectivity index (χ3v) is 3.41. The van der Waals surface area contributed by atoms with E-state index in [2.05, 4.69) is 34.5 Å². The van der Waals surface area contributed by atoms with Gasteiger partial charge in [0.1, 0.15) is 0 Å². The zero-order valence-electron chi connectivity index (χ0n) is 10.6. The highest BCUT2D eigenvalue weighted by Gasteiger charge is 2.22. The van der Waals surface area contributed by atoms with E-state index >= 15 is 0 Å². The summed E-state index contributed by atoms with van der Waals surface area (Å²) in [5.74, 6) is 0.150. The summed E-state index contributed by atoms with van der Waals surface area (Å²) in [4.78, 5) is 13.7. The van der Waals surface area contributed by atoms with Gasteiger partial charge < -0.3 is 11.1 Å². The Kier molecular flexibility index (Phi) is 4.73. The molecule has 1 heterocycles. The molecule has 0 bridgehead atoms. The predicted molar refractivity (Wildman–Crippen MR) is 72.1 cm³/mol. The lowest BCUT2D eigenvalue weighted by molar-refractivity contribution is -0.120. The molecule has 1 aliphatic heterocycles. The predicted octanol–water partition coefficient (Wildman–Crippen LogP) is 0.898. The minimum absolute atomic E-state index is 0.150. The van der Waals surface area contributed by atoms with Crippen molar-refractivity contribution in [3.05, 3.63) is 35.9 Å². The lowest BCUT2D eigenvalue weighted by Gasteiger charge is -2.30. The first-order valence-electron chi connectivity index (χ1n) is 6.57. The van der Waals surface area contributed by atoms with Crippen molar-refractivity contribution in [2.45, 2.75) is 18.9 Å². The van der Waals surface area contributed by atoms with Crippen LogP contribution in [0.3, 0.4) is 0 Å². The second kappa shape index (κ2) is 6.52. The lowest BCUT2D eigenvalue weighted by Crippen LogP contribution is -2.33. The first kappa shape index (κ1) is 13.1. The molecule has 98 valence electrons. The van der Waals surface area contributed by atoms with Crippen molar-refractivity contribution < 1.29 is 4.79 Å². The number of nitrogens with one attached hydrogen (secondary N) is 1. The van der Waals surface area contributed by atoms with E-state index in [0.29, 0.717) is 19.0 Å². The molecule has 1 aromatic carbocycles. The van der Waals surface area contributed by atoms with Gasteiger partial charge in [-0.05, 0) is 18.5 Å². The highest BCUT2D eigenvalue weighted by Crippen LogP contribution is 2.24. The Morgan fingerprint density at radius 3 is 2.78 bits per heavy atom. The lowest BCUT2D eigenvalue weighted by atomic mass is 10.0. The van der Waals surface area contributed by atoms with Crippen molar-refractivity contribution in [3.8, 4) is 0 Å². The quantitative estimate of drug-likeness (QED) is 0.831. The van der Waals surface area contributed by atoms with Crippen LogP contribution < -0.4 is 11.1 Å². The van der Waals surface area contributed by atoms with Gasteiger partial charge in [-0.1, -0.05) is 30.3 Å². The molecule has 1 atom stereocenters. The molecule has 4 nitrogen and oxygen atoms in total. The number of amides is 1. The fraction of sp³-hybridized carbons (Fsp3) is 0.500. The summed E-state index contributed by atoms with van der Waals surface area (Å²) in [7, 11) is 0. The number of benzene rings is 1. The molecule has 1 saturated heterocycles. The Morgan fingerprint density at radius 2 is 2.06 bits per heavy atom. The van der Waals surface area contributed by atoms with E-state index < -0.39 is 0 Å².